The first kappa shape index (κ1) is 12.3. The summed E-state index contributed by atoms with van der Waals surface area (Å²) in [5.74, 6) is -0.223. The SMILES string of the molecule is Cc1cc(C(=O)Nc2ccccc2CN)nn1C. The lowest BCUT2D eigenvalue weighted by molar-refractivity contribution is 0.102. The Morgan fingerprint density at radius 2 is 2.17 bits per heavy atom. The molecule has 2 aromatic rings. The number of anilines is 1. The average Bonchev–Trinajstić information content (AvgIpc) is 2.70. The number of aromatic nitrogens is 2. The maximum atomic E-state index is 12.0. The first-order valence-electron chi connectivity index (χ1n) is 5.72. The number of hydrogen-bond donors (Lipinski definition) is 2. The van der Waals surface area contributed by atoms with E-state index in [4.69, 9.17) is 5.73 Å². The number of amides is 1. The van der Waals surface area contributed by atoms with Crippen molar-refractivity contribution in [2.75, 3.05) is 5.32 Å². The highest BCUT2D eigenvalue weighted by atomic mass is 16.1. The van der Waals surface area contributed by atoms with Gasteiger partial charge in [0, 0.05) is 25.0 Å². The second-order valence-electron chi connectivity index (χ2n) is 4.11. The van der Waals surface area contributed by atoms with Gasteiger partial charge in [0.1, 0.15) is 0 Å². The topological polar surface area (TPSA) is 72.9 Å². The zero-order valence-corrected chi connectivity index (χ0v) is 10.5. The van der Waals surface area contributed by atoms with Crippen molar-refractivity contribution in [1.82, 2.24) is 9.78 Å². The Labute approximate surface area is 106 Å². The van der Waals surface area contributed by atoms with Gasteiger partial charge < -0.3 is 11.1 Å². The summed E-state index contributed by atoms with van der Waals surface area (Å²) in [6.07, 6.45) is 0. The lowest BCUT2D eigenvalue weighted by atomic mass is 10.2. The van der Waals surface area contributed by atoms with Gasteiger partial charge in [0.2, 0.25) is 0 Å². The third-order valence-corrected chi connectivity index (χ3v) is 2.83. The average molecular weight is 244 g/mol. The molecule has 18 heavy (non-hydrogen) atoms. The molecule has 0 fully saturated rings. The van der Waals surface area contributed by atoms with Crippen LogP contribution in [-0.2, 0) is 13.6 Å². The fourth-order valence-electron chi connectivity index (χ4n) is 1.68. The molecule has 0 saturated heterocycles. The Balaban J connectivity index is 2.21. The van der Waals surface area contributed by atoms with Gasteiger partial charge in [-0.1, -0.05) is 18.2 Å². The molecule has 2 rings (SSSR count). The third-order valence-electron chi connectivity index (χ3n) is 2.83. The van der Waals surface area contributed by atoms with Crippen LogP contribution in [0.2, 0.25) is 0 Å². The van der Waals surface area contributed by atoms with Gasteiger partial charge in [-0.25, -0.2) is 0 Å². The highest BCUT2D eigenvalue weighted by Crippen LogP contribution is 2.15. The fraction of sp³-hybridized carbons (Fsp3) is 0.231. The van der Waals surface area contributed by atoms with Crippen molar-refractivity contribution >= 4 is 11.6 Å². The molecule has 0 aliphatic heterocycles. The summed E-state index contributed by atoms with van der Waals surface area (Å²) in [5.41, 5.74) is 8.60. The van der Waals surface area contributed by atoms with E-state index >= 15 is 0 Å². The summed E-state index contributed by atoms with van der Waals surface area (Å²) >= 11 is 0. The number of nitrogens with zero attached hydrogens (tertiary/aromatic N) is 2. The van der Waals surface area contributed by atoms with E-state index in [-0.39, 0.29) is 5.91 Å². The lowest BCUT2D eigenvalue weighted by Crippen LogP contribution is -2.15. The maximum Gasteiger partial charge on any atom is 0.276 e. The van der Waals surface area contributed by atoms with Crippen LogP contribution in [0.4, 0.5) is 5.69 Å². The molecule has 1 amide bonds. The van der Waals surface area contributed by atoms with Crippen molar-refractivity contribution < 1.29 is 4.79 Å². The Morgan fingerprint density at radius 1 is 1.44 bits per heavy atom. The standard InChI is InChI=1S/C13H16N4O/c1-9-7-12(16-17(9)2)13(18)15-11-6-4-3-5-10(11)8-14/h3-7H,8,14H2,1-2H3,(H,15,18). The Bertz CT molecular complexity index is 555. The first-order valence-corrected chi connectivity index (χ1v) is 5.72. The van der Waals surface area contributed by atoms with Crippen molar-refractivity contribution in [2.24, 2.45) is 12.8 Å². The van der Waals surface area contributed by atoms with Gasteiger partial charge in [0.05, 0.1) is 0 Å². The van der Waals surface area contributed by atoms with E-state index < -0.39 is 0 Å². The summed E-state index contributed by atoms with van der Waals surface area (Å²) in [4.78, 5) is 12.0. The van der Waals surface area contributed by atoms with Crippen LogP contribution in [0.15, 0.2) is 30.3 Å². The predicted octanol–water partition coefficient (Wildman–Crippen LogP) is 1.44. The normalized spacial score (nSPS) is 10.4. The Kier molecular flexibility index (Phi) is 3.43. The number of para-hydroxylation sites is 1. The van der Waals surface area contributed by atoms with E-state index in [1.54, 1.807) is 17.8 Å². The van der Waals surface area contributed by atoms with E-state index in [9.17, 15) is 4.79 Å². The molecule has 0 aliphatic rings. The van der Waals surface area contributed by atoms with Gasteiger partial charge >= 0.3 is 0 Å². The van der Waals surface area contributed by atoms with Crippen molar-refractivity contribution in [2.45, 2.75) is 13.5 Å². The second-order valence-corrected chi connectivity index (χ2v) is 4.11. The van der Waals surface area contributed by atoms with Crippen LogP contribution in [0, 0.1) is 6.92 Å². The molecular formula is C13H16N4O. The van der Waals surface area contributed by atoms with E-state index in [0.717, 1.165) is 16.9 Å². The zero-order chi connectivity index (χ0) is 13.1. The molecular weight excluding hydrogens is 228 g/mol. The highest BCUT2D eigenvalue weighted by Gasteiger charge is 2.12. The molecule has 94 valence electrons. The molecule has 1 heterocycles. The number of benzene rings is 1. The fourth-order valence-corrected chi connectivity index (χ4v) is 1.68. The van der Waals surface area contributed by atoms with Crippen molar-refractivity contribution in [3.8, 4) is 0 Å². The number of aryl methyl sites for hydroxylation is 2. The van der Waals surface area contributed by atoms with E-state index in [1.807, 2.05) is 31.2 Å². The van der Waals surface area contributed by atoms with Gasteiger partial charge in [-0.05, 0) is 24.6 Å². The molecule has 0 atom stereocenters. The molecule has 0 spiro atoms. The van der Waals surface area contributed by atoms with Gasteiger partial charge in [-0.2, -0.15) is 5.10 Å². The molecule has 1 aromatic carbocycles. The molecule has 0 aliphatic carbocycles. The number of rotatable bonds is 3. The van der Waals surface area contributed by atoms with E-state index in [0.29, 0.717) is 12.2 Å². The van der Waals surface area contributed by atoms with Crippen molar-refractivity contribution in [1.29, 1.82) is 0 Å². The molecule has 3 N–H and O–H groups in total. The van der Waals surface area contributed by atoms with Crippen LogP contribution in [0.5, 0.6) is 0 Å². The minimum Gasteiger partial charge on any atom is -0.326 e. The number of carbonyl (C=O) groups is 1. The summed E-state index contributed by atoms with van der Waals surface area (Å²) < 4.78 is 1.67. The molecule has 0 unspecified atom stereocenters. The Morgan fingerprint density at radius 3 is 2.78 bits per heavy atom. The summed E-state index contributed by atoms with van der Waals surface area (Å²) in [7, 11) is 1.81. The molecule has 0 bridgehead atoms. The minimum absolute atomic E-state index is 0.223. The quantitative estimate of drug-likeness (QED) is 0.858. The zero-order valence-electron chi connectivity index (χ0n) is 10.5. The monoisotopic (exact) mass is 244 g/mol. The summed E-state index contributed by atoms with van der Waals surface area (Å²) in [6, 6.07) is 9.22. The first-order chi connectivity index (χ1) is 8.61. The van der Waals surface area contributed by atoms with Crippen LogP contribution >= 0.6 is 0 Å². The summed E-state index contributed by atoms with van der Waals surface area (Å²) in [6.45, 7) is 2.29. The second kappa shape index (κ2) is 5.01. The number of carbonyl (C=O) groups excluding carboxylic acids is 1. The third kappa shape index (κ3) is 2.41. The van der Waals surface area contributed by atoms with Gasteiger partial charge in [-0.3, -0.25) is 9.48 Å². The number of nitrogens with one attached hydrogen (secondary N) is 1. The minimum atomic E-state index is -0.223. The van der Waals surface area contributed by atoms with Crippen LogP contribution < -0.4 is 11.1 Å². The molecule has 5 heteroatoms. The summed E-state index contributed by atoms with van der Waals surface area (Å²) in [5, 5.41) is 6.96. The van der Waals surface area contributed by atoms with Gasteiger partial charge in [0.15, 0.2) is 5.69 Å². The molecule has 0 saturated carbocycles. The maximum absolute atomic E-state index is 12.0. The van der Waals surface area contributed by atoms with E-state index in [2.05, 4.69) is 10.4 Å². The smallest absolute Gasteiger partial charge is 0.276 e. The van der Waals surface area contributed by atoms with Crippen LogP contribution in [0.25, 0.3) is 0 Å². The van der Waals surface area contributed by atoms with Crippen molar-refractivity contribution in [3.05, 3.63) is 47.3 Å². The van der Waals surface area contributed by atoms with Crippen molar-refractivity contribution in [3.63, 3.8) is 0 Å². The largest absolute Gasteiger partial charge is 0.326 e. The molecule has 0 radical (unpaired) electrons. The van der Waals surface area contributed by atoms with E-state index in [1.165, 1.54) is 0 Å². The molecule has 1 aromatic heterocycles. The number of hydrogen-bond acceptors (Lipinski definition) is 3. The van der Waals surface area contributed by atoms with Gasteiger partial charge in [0.25, 0.3) is 5.91 Å². The lowest BCUT2D eigenvalue weighted by Gasteiger charge is -2.07. The van der Waals surface area contributed by atoms with Crippen LogP contribution in [0.3, 0.4) is 0 Å². The van der Waals surface area contributed by atoms with Crippen LogP contribution in [0.1, 0.15) is 21.7 Å². The molecule has 5 nitrogen and oxygen atoms in total. The van der Waals surface area contributed by atoms with Crippen LogP contribution in [-0.4, -0.2) is 15.7 Å². The van der Waals surface area contributed by atoms with Gasteiger partial charge in [-0.15, -0.1) is 0 Å². The highest BCUT2D eigenvalue weighted by molar-refractivity contribution is 6.03. The predicted molar refractivity (Wildman–Crippen MR) is 70.2 cm³/mol. The number of nitrogens with two attached hydrogens (primary N) is 1. The Hall–Kier alpha value is -2.14.